The smallest absolute Gasteiger partial charge is 0.178 e. The van der Waals surface area contributed by atoms with Crippen LogP contribution >= 0.6 is 0 Å². The fraction of sp³-hybridized carbons (Fsp3) is 0.722. The highest BCUT2D eigenvalue weighted by atomic mass is 16.7. The molecule has 3 aliphatic rings. The van der Waals surface area contributed by atoms with Crippen molar-refractivity contribution in [1.82, 2.24) is 9.47 Å². The summed E-state index contributed by atoms with van der Waals surface area (Å²) in [5.74, 6) is -0.115. The van der Waals surface area contributed by atoms with E-state index in [0.717, 1.165) is 37.2 Å². The standard InChI is InChI=1S/C18H26N2O3/c1-13-11-16(14(2)20(13)15-3-4-15)17(21)12-19-7-5-18(6-8-19)22-9-10-23-18/h11,15H,3-10,12H2,1-2H3. The van der Waals surface area contributed by atoms with Crippen LogP contribution in [0.5, 0.6) is 0 Å². The topological polar surface area (TPSA) is 43.7 Å². The van der Waals surface area contributed by atoms with Crippen molar-refractivity contribution < 1.29 is 14.3 Å². The zero-order chi connectivity index (χ0) is 16.0. The maximum absolute atomic E-state index is 12.7. The quantitative estimate of drug-likeness (QED) is 0.800. The number of nitrogens with zero attached hydrogens (tertiary/aromatic N) is 2. The first kappa shape index (κ1) is 15.4. The van der Waals surface area contributed by atoms with E-state index in [-0.39, 0.29) is 11.6 Å². The molecule has 1 aromatic rings. The average Bonchev–Trinajstić information content (AvgIpc) is 3.18. The molecule has 5 heteroatoms. The summed E-state index contributed by atoms with van der Waals surface area (Å²) in [4.78, 5) is 15.0. The van der Waals surface area contributed by atoms with Crippen LogP contribution in [0.3, 0.4) is 0 Å². The number of rotatable bonds is 4. The van der Waals surface area contributed by atoms with E-state index in [1.807, 2.05) is 0 Å². The van der Waals surface area contributed by atoms with Crippen molar-refractivity contribution in [3.8, 4) is 0 Å². The lowest BCUT2D eigenvalue weighted by Gasteiger charge is -2.37. The van der Waals surface area contributed by atoms with Gasteiger partial charge in [-0.05, 0) is 32.8 Å². The van der Waals surface area contributed by atoms with Gasteiger partial charge in [-0.1, -0.05) is 0 Å². The Labute approximate surface area is 137 Å². The Balaban J connectivity index is 1.40. The molecule has 2 saturated heterocycles. The normalized spacial score (nSPS) is 24.4. The monoisotopic (exact) mass is 318 g/mol. The van der Waals surface area contributed by atoms with Gasteiger partial charge in [0.25, 0.3) is 0 Å². The summed E-state index contributed by atoms with van der Waals surface area (Å²) in [6.45, 7) is 7.84. The zero-order valence-corrected chi connectivity index (χ0v) is 14.1. The number of carbonyl (C=O) groups excluding carboxylic acids is 1. The van der Waals surface area contributed by atoms with E-state index in [1.165, 1.54) is 18.5 Å². The number of aryl methyl sites for hydroxylation is 1. The minimum atomic E-state index is -0.360. The van der Waals surface area contributed by atoms with Gasteiger partial charge in [0.05, 0.1) is 19.8 Å². The number of likely N-dealkylation sites (tertiary alicyclic amines) is 1. The lowest BCUT2D eigenvalue weighted by Crippen LogP contribution is -2.46. The van der Waals surface area contributed by atoms with Crippen LogP contribution in [-0.4, -0.2) is 53.9 Å². The Morgan fingerprint density at radius 3 is 2.48 bits per heavy atom. The van der Waals surface area contributed by atoms with Crippen LogP contribution in [-0.2, 0) is 9.47 Å². The molecular formula is C18H26N2O3. The Morgan fingerprint density at radius 2 is 1.87 bits per heavy atom. The van der Waals surface area contributed by atoms with Gasteiger partial charge in [0.1, 0.15) is 0 Å². The molecule has 1 spiro atoms. The number of hydrogen-bond acceptors (Lipinski definition) is 4. The molecule has 3 heterocycles. The third-order valence-corrected chi connectivity index (χ3v) is 5.50. The average molecular weight is 318 g/mol. The lowest BCUT2D eigenvalue weighted by molar-refractivity contribution is -0.184. The summed E-state index contributed by atoms with van der Waals surface area (Å²) < 4.78 is 13.9. The molecule has 0 N–H and O–H groups in total. The highest BCUT2D eigenvalue weighted by molar-refractivity contribution is 5.99. The molecule has 1 saturated carbocycles. The minimum Gasteiger partial charge on any atom is -0.347 e. The van der Waals surface area contributed by atoms with Crippen molar-refractivity contribution in [3.63, 3.8) is 0 Å². The number of hydrogen-bond donors (Lipinski definition) is 0. The number of aromatic nitrogens is 1. The minimum absolute atomic E-state index is 0.245. The maximum Gasteiger partial charge on any atom is 0.178 e. The molecule has 126 valence electrons. The Morgan fingerprint density at radius 1 is 1.22 bits per heavy atom. The van der Waals surface area contributed by atoms with Crippen LogP contribution in [0.1, 0.15) is 53.5 Å². The molecular weight excluding hydrogens is 292 g/mol. The second-order valence-electron chi connectivity index (χ2n) is 7.19. The third-order valence-electron chi connectivity index (χ3n) is 5.50. The third kappa shape index (κ3) is 2.86. The van der Waals surface area contributed by atoms with Gasteiger partial charge in [-0.15, -0.1) is 0 Å². The SMILES string of the molecule is Cc1cc(C(=O)CN2CCC3(CC2)OCCO3)c(C)n1C1CC1. The van der Waals surface area contributed by atoms with Crippen LogP contribution in [0.25, 0.3) is 0 Å². The largest absolute Gasteiger partial charge is 0.347 e. The fourth-order valence-electron chi connectivity index (χ4n) is 4.08. The van der Waals surface area contributed by atoms with E-state index in [4.69, 9.17) is 9.47 Å². The van der Waals surface area contributed by atoms with Gasteiger partial charge >= 0.3 is 0 Å². The van der Waals surface area contributed by atoms with Gasteiger partial charge in [-0.2, -0.15) is 0 Å². The second kappa shape index (κ2) is 5.72. The Bertz CT molecular complexity index is 602. The van der Waals surface area contributed by atoms with Crippen molar-refractivity contribution in [2.24, 2.45) is 0 Å². The van der Waals surface area contributed by atoms with E-state index >= 15 is 0 Å². The number of ketones is 1. The van der Waals surface area contributed by atoms with Crippen molar-refractivity contribution in [1.29, 1.82) is 0 Å². The highest BCUT2D eigenvalue weighted by Gasteiger charge is 2.40. The van der Waals surface area contributed by atoms with Gasteiger partial charge < -0.3 is 14.0 Å². The molecule has 2 aliphatic heterocycles. The van der Waals surface area contributed by atoms with E-state index in [1.54, 1.807) is 0 Å². The Hall–Kier alpha value is -1.17. The van der Waals surface area contributed by atoms with Crippen LogP contribution in [0.2, 0.25) is 0 Å². The van der Waals surface area contributed by atoms with Gasteiger partial charge in [0.2, 0.25) is 0 Å². The molecule has 4 rings (SSSR count). The van der Waals surface area contributed by atoms with Gasteiger partial charge in [-0.25, -0.2) is 0 Å². The van der Waals surface area contributed by atoms with Crippen LogP contribution in [0.4, 0.5) is 0 Å². The molecule has 0 bridgehead atoms. The van der Waals surface area contributed by atoms with Crippen molar-refractivity contribution in [2.75, 3.05) is 32.8 Å². The van der Waals surface area contributed by atoms with Gasteiger partial charge in [0.15, 0.2) is 11.6 Å². The number of ether oxygens (including phenoxy) is 2. The lowest BCUT2D eigenvalue weighted by atomic mass is 10.0. The zero-order valence-electron chi connectivity index (χ0n) is 14.1. The summed E-state index contributed by atoms with van der Waals surface area (Å²) in [6, 6.07) is 2.70. The number of Topliss-reactive ketones (excluding diaryl/α,β-unsaturated/α-hetero) is 1. The summed E-state index contributed by atoms with van der Waals surface area (Å²) >= 11 is 0. The summed E-state index contributed by atoms with van der Waals surface area (Å²) in [5.41, 5.74) is 3.27. The van der Waals surface area contributed by atoms with Gasteiger partial charge in [-0.3, -0.25) is 9.69 Å². The second-order valence-corrected chi connectivity index (χ2v) is 7.19. The van der Waals surface area contributed by atoms with E-state index in [0.29, 0.717) is 25.8 Å². The first-order valence-electron chi connectivity index (χ1n) is 8.80. The first-order valence-corrected chi connectivity index (χ1v) is 8.80. The summed E-state index contributed by atoms with van der Waals surface area (Å²) in [7, 11) is 0. The van der Waals surface area contributed by atoms with Crippen molar-refractivity contribution in [2.45, 2.75) is 51.4 Å². The molecule has 1 aromatic heterocycles. The number of carbonyl (C=O) groups is 1. The predicted octanol–water partition coefficient (Wildman–Crippen LogP) is 2.46. The fourth-order valence-corrected chi connectivity index (χ4v) is 4.08. The summed E-state index contributed by atoms with van der Waals surface area (Å²) in [6.07, 6.45) is 4.22. The van der Waals surface area contributed by atoms with Crippen LogP contribution in [0, 0.1) is 13.8 Å². The maximum atomic E-state index is 12.7. The van der Waals surface area contributed by atoms with E-state index in [2.05, 4.69) is 29.4 Å². The highest BCUT2D eigenvalue weighted by Crippen LogP contribution is 2.38. The Kier molecular flexibility index (Phi) is 3.82. The van der Waals surface area contributed by atoms with Gasteiger partial charge in [0, 0.05) is 48.9 Å². The molecule has 0 amide bonds. The summed E-state index contributed by atoms with van der Waals surface area (Å²) in [5, 5.41) is 0. The van der Waals surface area contributed by atoms with Crippen molar-refractivity contribution in [3.05, 3.63) is 23.0 Å². The molecule has 5 nitrogen and oxygen atoms in total. The van der Waals surface area contributed by atoms with Crippen molar-refractivity contribution >= 4 is 5.78 Å². The molecule has 3 fully saturated rings. The predicted molar refractivity (Wildman–Crippen MR) is 86.8 cm³/mol. The van der Waals surface area contributed by atoms with E-state index in [9.17, 15) is 4.79 Å². The number of piperidine rings is 1. The first-order chi connectivity index (χ1) is 11.1. The molecule has 0 unspecified atom stereocenters. The van der Waals surface area contributed by atoms with Crippen LogP contribution in [0.15, 0.2) is 6.07 Å². The molecule has 1 aliphatic carbocycles. The molecule has 23 heavy (non-hydrogen) atoms. The van der Waals surface area contributed by atoms with E-state index < -0.39 is 0 Å². The molecule has 0 radical (unpaired) electrons. The van der Waals surface area contributed by atoms with Crippen LogP contribution < -0.4 is 0 Å². The molecule has 0 atom stereocenters. The molecule has 0 aromatic carbocycles.